The van der Waals surface area contributed by atoms with Gasteiger partial charge in [0.1, 0.15) is 5.84 Å². The predicted octanol–water partition coefficient (Wildman–Crippen LogP) is 1.83. The van der Waals surface area contributed by atoms with Crippen molar-refractivity contribution in [3.63, 3.8) is 0 Å². The van der Waals surface area contributed by atoms with Gasteiger partial charge >= 0.3 is 0 Å². The Morgan fingerprint density at radius 3 is 2.93 bits per heavy atom. The lowest BCUT2D eigenvalue weighted by Crippen LogP contribution is -2.11. The van der Waals surface area contributed by atoms with Crippen LogP contribution in [0.1, 0.15) is 11.1 Å². The number of pyridine rings is 1. The van der Waals surface area contributed by atoms with Gasteiger partial charge in [0.2, 0.25) is 0 Å². The van der Waals surface area contributed by atoms with E-state index in [1.165, 1.54) is 0 Å². The minimum atomic E-state index is 0.102. The normalized spacial score (nSPS) is 10.4. The quantitative estimate of drug-likeness (QED) is 0.526. The first-order chi connectivity index (χ1) is 6.68. The lowest BCUT2D eigenvalue weighted by Gasteiger charge is -2.05. The third-order valence-corrected chi connectivity index (χ3v) is 2.19. The Labute approximate surface area is 82.1 Å². The molecule has 0 saturated carbocycles. The summed E-state index contributed by atoms with van der Waals surface area (Å²) in [4.78, 5) is 4.04. The number of hydrogen-bond acceptors (Lipinski definition) is 2. The van der Waals surface area contributed by atoms with Crippen molar-refractivity contribution >= 4 is 16.6 Å². The van der Waals surface area contributed by atoms with Crippen molar-refractivity contribution in [3.05, 3.63) is 41.7 Å². The van der Waals surface area contributed by atoms with E-state index >= 15 is 0 Å². The first-order valence-electron chi connectivity index (χ1n) is 4.37. The van der Waals surface area contributed by atoms with Crippen LogP contribution >= 0.6 is 0 Å². The lowest BCUT2D eigenvalue weighted by molar-refractivity contribution is 1.35. The van der Waals surface area contributed by atoms with E-state index in [-0.39, 0.29) is 5.84 Å². The van der Waals surface area contributed by atoms with E-state index in [4.69, 9.17) is 11.1 Å². The van der Waals surface area contributed by atoms with Crippen LogP contribution < -0.4 is 5.73 Å². The molecule has 0 radical (unpaired) electrons. The second-order valence-electron chi connectivity index (χ2n) is 3.32. The van der Waals surface area contributed by atoms with Crippen LogP contribution in [0.3, 0.4) is 0 Å². The number of nitrogen functional groups attached to an aromatic ring is 1. The second-order valence-corrected chi connectivity index (χ2v) is 3.32. The molecule has 2 rings (SSSR count). The van der Waals surface area contributed by atoms with Gasteiger partial charge in [0.05, 0.1) is 0 Å². The van der Waals surface area contributed by atoms with Crippen LogP contribution in [0, 0.1) is 12.3 Å². The van der Waals surface area contributed by atoms with Gasteiger partial charge in [0.25, 0.3) is 0 Å². The van der Waals surface area contributed by atoms with Gasteiger partial charge in [-0.05, 0) is 36.1 Å². The summed E-state index contributed by atoms with van der Waals surface area (Å²) in [6, 6.07) is 5.84. The number of rotatable bonds is 1. The summed E-state index contributed by atoms with van der Waals surface area (Å²) < 4.78 is 0. The van der Waals surface area contributed by atoms with Crippen molar-refractivity contribution < 1.29 is 0 Å². The molecule has 70 valence electrons. The standard InChI is InChI=1S/C11H11N3/c1-7-4-8-6-14-3-2-9(8)10(5-7)11(12)13/h2-6H,1H3,(H3,12,13). The molecule has 0 aliphatic carbocycles. The molecule has 3 N–H and O–H groups in total. The van der Waals surface area contributed by atoms with Crippen LogP contribution in [0.2, 0.25) is 0 Å². The number of amidine groups is 1. The number of fused-ring (bicyclic) bond motifs is 1. The first-order valence-corrected chi connectivity index (χ1v) is 4.37. The molecule has 0 atom stereocenters. The molecule has 0 aliphatic rings. The van der Waals surface area contributed by atoms with Crippen LogP contribution in [0.25, 0.3) is 10.8 Å². The summed E-state index contributed by atoms with van der Waals surface area (Å²) >= 11 is 0. The fourth-order valence-corrected chi connectivity index (χ4v) is 1.58. The Morgan fingerprint density at radius 1 is 1.43 bits per heavy atom. The highest BCUT2D eigenvalue weighted by Gasteiger charge is 2.04. The van der Waals surface area contributed by atoms with E-state index in [0.29, 0.717) is 0 Å². The number of benzene rings is 1. The molecular weight excluding hydrogens is 174 g/mol. The van der Waals surface area contributed by atoms with E-state index in [2.05, 4.69) is 4.98 Å². The maximum atomic E-state index is 7.47. The molecule has 0 spiro atoms. The molecule has 1 heterocycles. The molecule has 0 fully saturated rings. The average Bonchev–Trinajstić information content (AvgIpc) is 2.16. The Morgan fingerprint density at radius 2 is 2.21 bits per heavy atom. The highest BCUT2D eigenvalue weighted by molar-refractivity contribution is 6.07. The molecular formula is C11H11N3. The molecule has 1 aromatic carbocycles. The van der Waals surface area contributed by atoms with Gasteiger partial charge in [0, 0.05) is 23.3 Å². The lowest BCUT2D eigenvalue weighted by atomic mass is 10.0. The molecule has 0 unspecified atom stereocenters. The van der Waals surface area contributed by atoms with E-state index in [1.54, 1.807) is 12.4 Å². The largest absolute Gasteiger partial charge is 0.384 e. The molecule has 1 aromatic heterocycles. The van der Waals surface area contributed by atoms with Gasteiger partial charge in [0.15, 0.2) is 0 Å². The third kappa shape index (κ3) is 1.33. The molecule has 3 nitrogen and oxygen atoms in total. The van der Waals surface area contributed by atoms with E-state index in [1.807, 2.05) is 25.1 Å². The number of aryl methyl sites for hydroxylation is 1. The molecule has 0 amide bonds. The topological polar surface area (TPSA) is 62.8 Å². The zero-order chi connectivity index (χ0) is 10.1. The highest BCUT2D eigenvalue weighted by atomic mass is 14.7. The van der Waals surface area contributed by atoms with Crippen molar-refractivity contribution in [2.24, 2.45) is 5.73 Å². The zero-order valence-electron chi connectivity index (χ0n) is 7.91. The molecule has 2 aromatic rings. The Kier molecular flexibility index (Phi) is 1.93. The third-order valence-electron chi connectivity index (χ3n) is 2.19. The number of nitrogens with one attached hydrogen (secondary N) is 1. The monoisotopic (exact) mass is 185 g/mol. The minimum absolute atomic E-state index is 0.102. The van der Waals surface area contributed by atoms with Crippen molar-refractivity contribution in [1.29, 1.82) is 5.41 Å². The van der Waals surface area contributed by atoms with Gasteiger partial charge in [-0.2, -0.15) is 0 Å². The maximum Gasteiger partial charge on any atom is 0.123 e. The van der Waals surface area contributed by atoms with Crippen LogP contribution in [0.5, 0.6) is 0 Å². The number of hydrogen-bond donors (Lipinski definition) is 2. The van der Waals surface area contributed by atoms with Crippen molar-refractivity contribution in [2.75, 3.05) is 0 Å². The average molecular weight is 185 g/mol. The van der Waals surface area contributed by atoms with Crippen molar-refractivity contribution in [1.82, 2.24) is 4.98 Å². The number of nitrogens with two attached hydrogens (primary N) is 1. The number of nitrogens with zero attached hydrogens (tertiary/aromatic N) is 1. The van der Waals surface area contributed by atoms with Crippen LogP contribution in [0.15, 0.2) is 30.6 Å². The van der Waals surface area contributed by atoms with Gasteiger partial charge in [-0.25, -0.2) is 0 Å². The summed E-state index contributed by atoms with van der Waals surface area (Å²) in [5.41, 5.74) is 7.38. The summed E-state index contributed by atoms with van der Waals surface area (Å²) in [6.45, 7) is 1.98. The Hall–Kier alpha value is -1.90. The summed E-state index contributed by atoms with van der Waals surface area (Å²) in [5.74, 6) is 0.102. The molecule has 14 heavy (non-hydrogen) atoms. The second kappa shape index (κ2) is 3.10. The summed E-state index contributed by atoms with van der Waals surface area (Å²) in [5, 5.41) is 9.48. The van der Waals surface area contributed by atoms with Crippen LogP contribution in [0.4, 0.5) is 0 Å². The van der Waals surface area contributed by atoms with Gasteiger partial charge in [-0.3, -0.25) is 10.4 Å². The van der Waals surface area contributed by atoms with Gasteiger partial charge < -0.3 is 5.73 Å². The fourth-order valence-electron chi connectivity index (χ4n) is 1.58. The van der Waals surface area contributed by atoms with Crippen LogP contribution in [-0.2, 0) is 0 Å². The number of aromatic nitrogens is 1. The highest BCUT2D eigenvalue weighted by Crippen LogP contribution is 2.19. The van der Waals surface area contributed by atoms with E-state index < -0.39 is 0 Å². The van der Waals surface area contributed by atoms with Crippen molar-refractivity contribution in [2.45, 2.75) is 6.92 Å². The summed E-state index contributed by atoms with van der Waals surface area (Å²) in [6.07, 6.45) is 3.50. The SMILES string of the molecule is Cc1cc(C(=N)N)c2ccncc2c1. The molecule has 0 saturated heterocycles. The Bertz CT molecular complexity index is 503. The zero-order valence-corrected chi connectivity index (χ0v) is 7.91. The maximum absolute atomic E-state index is 7.47. The summed E-state index contributed by atoms with van der Waals surface area (Å²) in [7, 11) is 0. The van der Waals surface area contributed by atoms with Gasteiger partial charge in [-0.1, -0.05) is 0 Å². The fraction of sp³-hybridized carbons (Fsp3) is 0.0909. The molecule has 0 aliphatic heterocycles. The smallest absolute Gasteiger partial charge is 0.123 e. The van der Waals surface area contributed by atoms with Gasteiger partial charge in [-0.15, -0.1) is 0 Å². The van der Waals surface area contributed by atoms with Crippen LogP contribution in [-0.4, -0.2) is 10.8 Å². The minimum Gasteiger partial charge on any atom is -0.384 e. The van der Waals surface area contributed by atoms with E-state index in [0.717, 1.165) is 21.9 Å². The molecule has 3 heteroatoms. The Balaban J connectivity index is 2.87. The van der Waals surface area contributed by atoms with Crippen molar-refractivity contribution in [3.8, 4) is 0 Å². The predicted molar refractivity (Wildman–Crippen MR) is 57.5 cm³/mol. The first kappa shape index (κ1) is 8.69. The molecule has 0 bridgehead atoms. The van der Waals surface area contributed by atoms with E-state index in [9.17, 15) is 0 Å².